The van der Waals surface area contributed by atoms with Crippen molar-refractivity contribution >= 4 is 5.65 Å². The van der Waals surface area contributed by atoms with Gasteiger partial charge in [-0.05, 0) is 18.6 Å². The highest BCUT2D eigenvalue weighted by atomic mass is 15.0. The molecule has 12 heavy (non-hydrogen) atoms. The summed E-state index contributed by atoms with van der Waals surface area (Å²) in [5, 5.41) is 8.78. The van der Waals surface area contributed by atoms with Gasteiger partial charge in [0, 0.05) is 18.6 Å². The second-order valence-electron chi connectivity index (χ2n) is 2.70. The lowest BCUT2D eigenvalue weighted by atomic mass is 10.2. The van der Waals surface area contributed by atoms with Gasteiger partial charge in [0.15, 0.2) is 5.65 Å². The summed E-state index contributed by atoms with van der Waals surface area (Å²) < 4.78 is 1.86. The third-order valence-electron chi connectivity index (χ3n) is 1.74. The van der Waals surface area contributed by atoms with Crippen LogP contribution in [0.5, 0.6) is 0 Å². The van der Waals surface area contributed by atoms with E-state index in [1.807, 2.05) is 29.8 Å². The molecule has 3 nitrogen and oxygen atoms in total. The number of imidazole rings is 1. The zero-order chi connectivity index (χ0) is 8.55. The van der Waals surface area contributed by atoms with Crippen molar-refractivity contribution in [1.29, 1.82) is 5.26 Å². The number of hydrogen-bond acceptors (Lipinski definition) is 2. The van der Waals surface area contributed by atoms with Crippen LogP contribution < -0.4 is 0 Å². The number of pyridine rings is 1. The normalized spacial score (nSPS) is 10.0. The first-order valence-electron chi connectivity index (χ1n) is 3.64. The molecule has 0 aliphatic rings. The molecule has 2 aromatic rings. The van der Waals surface area contributed by atoms with Crippen molar-refractivity contribution in [1.82, 2.24) is 9.38 Å². The zero-order valence-electron chi connectivity index (χ0n) is 6.65. The predicted molar refractivity (Wildman–Crippen MR) is 44.6 cm³/mol. The van der Waals surface area contributed by atoms with Crippen LogP contribution in [0.4, 0.5) is 0 Å². The van der Waals surface area contributed by atoms with Crippen LogP contribution in [0.15, 0.2) is 24.7 Å². The second kappa shape index (κ2) is 2.35. The smallest absolute Gasteiger partial charge is 0.154 e. The van der Waals surface area contributed by atoms with E-state index in [0.29, 0.717) is 5.56 Å². The van der Waals surface area contributed by atoms with Gasteiger partial charge in [0.25, 0.3) is 0 Å². The highest BCUT2D eigenvalue weighted by Crippen LogP contribution is 2.09. The van der Waals surface area contributed by atoms with Gasteiger partial charge < -0.3 is 4.40 Å². The molecule has 0 aliphatic carbocycles. The lowest BCUT2D eigenvalue weighted by Crippen LogP contribution is -1.89. The van der Waals surface area contributed by atoms with Crippen LogP contribution in [0.2, 0.25) is 0 Å². The molecule has 0 radical (unpaired) electrons. The van der Waals surface area contributed by atoms with E-state index in [9.17, 15) is 0 Å². The molecule has 0 saturated carbocycles. The quantitative estimate of drug-likeness (QED) is 0.581. The Morgan fingerprint density at radius 2 is 2.42 bits per heavy atom. The second-order valence-corrected chi connectivity index (χ2v) is 2.70. The Morgan fingerprint density at radius 3 is 3.17 bits per heavy atom. The molecule has 0 saturated heterocycles. The molecular formula is C9H7N3. The average Bonchev–Trinajstić information content (AvgIpc) is 2.50. The van der Waals surface area contributed by atoms with Gasteiger partial charge >= 0.3 is 0 Å². The number of hydrogen-bond donors (Lipinski definition) is 0. The summed E-state index contributed by atoms with van der Waals surface area (Å²) in [5.74, 6) is 0. The van der Waals surface area contributed by atoms with Gasteiger partial charge in [-0.2, -0.15) is 5.26 Å². The Hall–Kier alpha value is -1.82. The fourth-order valence-electron chi connectivity index (χ4n) is 1.26. The molecule has 2 aromatic heterocycles. The van der Waals surface area contributed by atoms with Gasteiger partial charge in [-0.25, -0.2) is 4.98 Å². The minimum atomic E-state index is 0.625. The molecule has 0 unspecified atom stereocenters. The van der Waals surface area contributed by atoms with Crippen molar-refractivity contribution in [3.8, 4) is 6.07 Å². The molecule has 0 bridgehead atoms. The molecular weight excluding hydrogens is 150 g/mol. The van der Waals surface area contributed by atoms with E-state index in [1.54, 1.807) is 6.20 Å². The molecule has 0 spiro atoms. The van der Waals surface area contributed by atoms with Gasteiger partial charge in [-0.1, -0.05) is 0 Å². The predicted octanol–water partition coefficient (Wildman–Crippen LogP) is 1.51. The number of fused-ring (bicyclic) bond motifs is 1. The van der Waals surface area contributed by atoms with E-state index in [-0.39, 0.29) is 0 Å². The number of nitrogens with zero attached hydrogens (tertiary/aromatic N) is 3. The molecule has 58 valence electrons. The molecule has 0 aromatic carbocycles. The first-order chi connectivity index (χ1) is 5.81. The maximum absolute atomic E-state index is 8.78. The third kappa shape index (κ3) is 0.857. The Bertz CT molecular complexity index is 462. The fraction of sp³-hybridized carbons (Fsp3) is 0.111. The first-order valence-corrected chi connectivity index (χ1v) is 3.64. The lowest BCUT2D eigenvalue weighted by Gasteiger charge is -1.97. The van der Waals surface area contributed by atoms with Crippen LogP contribution in [-0.2, 0) is 0 Å². The fourth-order valence-corrected chi connectivity index (χ4v) is 1.26. The van der Waals surface area contributed by atoms with Crippen LogP contribution in [0.25, 0.3) is 5.65 Å². The van der Waals surface area contributed by atoms with Gasteiger partial charge in [0.05, 0.1) is 5.56 Å². The van der Waals surface area contributed by atoms with Gasteiger partial charge in [-0.15, -0.1) is 0 Å². The highest BCUT2D eigenvalue weighted by molar-refractivity contribution is 5.55. The zero-order valence-corrected chi connectivity index (χ0v) is 6.65. The number of aryl methyl sites for hydroxylation is 1. The van der Waals surface area contributed by atoms with Crippen LogP contribution in [0.3, 0.4) is 0 Å². The Labute approximate surface area is 69.9 Å². The molecule has 0 fully saturated rings. The van der Waals surface area contributed by atoms with E-state index < -0.39 is 0 Å². The van der Waals surface area contributed by atoms with Gasteiger partial charge in [0.1, 0.15) is 6.07 Å². The summed E-state index contributed by atoms with van der Waals surface area (Å²) >= 11 is 0. The molecule has 0 N–H and O–H groups in total. The lowest BCUT2D eigenvalue weighted by molar-refractivity contribution is 1.15. The summed E-state index contributed by atoms with van der Waals surface area (Å²) in [6.45, 7) is 1.96. The highest BCUT2D eigenvalue weighted by Gasteiger charge is 2.01. The molecule has 0 aliphatic heterocycles. The first kappa shape index (κ1) is 6.86. The minimum Gasteiger partial charge on any atom is -0.306 e. The summed E-state index contributed by atoms with van der Waals surface area (Å²) in [4.78, 5) is 4.07. The summed E-state index contributed by atoms with van der Waals surface area (Å²) in [6.07, 6.45) is 5.47. The standard InChI is InChI=1S/C9H7N3/c1-7-4-8(5-10)9-11-2-3-12(9)6-7/h2-4,6H,1H3. The minimum absolute atomic E-state index is 0.625. The van der Waals surface area contributed by atoms with E-state index in [0.717, 1.165) is 11.2 Å². The maximum Gasteiger partial charge on any atom is 0.154 e. The van der Waals surface area contributed by atoms with E-state index in [2.05, 4.69) is 11.1 Å². The molecule has 2 heterocycles. The summed E-state index contributed by atoms with van der Waals surface area (Å²) in [7, 11) is 0. The van der Waals surface area contributed by atoms with E-state index in [1.165, 1.54) is 0 Å². The molecule has 0 atom stereocenters. The SMILES string of the molecule is Cc1cc(C#N)c2nccn2c1. The monoisotopic (exact) mass is 157 g/mol. The van der Waals surface area contributed by atoms with Crippen molar-refractivity contribution in [3.05, 3.63) is 35.8 Å². The number of nitriles is 1. The average molecular weight is 157 g/mol. The van der Waals surface area contributed by atoms with Crippen molar-refractivity contribution in [2.75, 3.05) is 0 Å². The number of aromatic nitrogens is 2. The van der Waals surface area contributed by atoms with Crippen molar-refractivity contribution in [3.63, 3.8) is 0 Å². The molecule has 0 amide bonds. The molecule has 2 rings (SSSR count). The maximum atomic E-state index is 8.78. The Morgan fingerprint density at radius 1 is 1.58 bits per heavy atom. The largest absolute Gasteiger partial charge is 0.306 e. The van der Waals surface area contributed by atoms with Crippen LogP contribution in [-0.4, -0.2) is 9.38 Å². The summed E-state index contributed by atoms with van der Waals surface area (Å²) in [6, 6.07) is 3.95. The van der Waals surface area contributed by atoms with Crippen LogP contribution >= 0.6 is 0 Å². The Balaban J connectivity index is 2.91. The topological polar surface area (TPSA) is 41.1 Å². The van der Waals surface area contributed by atoms with Crippen molar-refractivity contribution in [2.45, 2.75) is 6.92 Å². The van der Waals surface area contributed by atoms with Gasteiger partial charge in [-0.3, -0.25) is 0 Å². The van der Waals surface area contributed by atoms with Crippen LogP contribution in [0.1, 0.15) is 11.1 Å². The van der Waals surface area contributed by atoms with Gasteiger partial charge in [0.2, 0.25) is 0 Å². The third-order valence-corrected chi connectivity index (χ3v) is 1.74. The van der Waals surface area contributed by atoms with E-state index >= 15 is 0 Å². The number of rotatable bonds is 0. The van der Waals surface area contributed by atoms with Crippen LogP contribution in [0, 0.1) is 18.3 Å². The molecule has 3 heteroatoms. The van der Waals surface area contributed by atoms with E-state index in [4.69, 9.17) is 5.26 Å². The van der Waals surface area contributed by atoms with Crippen molar-refractivity contribution < 1.29 is 0 Å². The summed E-state index contributed by atoms with van der Waals surface area (Å²) in [5.41, 5.74) is 2.42. The Kier molecular flexibility index (Phi) is 1.34. The van der Waals surface area contributed by atoms with Crippen molar-refractivity contribution in [2.24, 2.45) is 0 Å².